The zero-order chi connectivity index (χ0) is 13.7. The number of nitrogens with one attached hydrogen (secondary N) is 1. The molecule has 1 unspecified atom stereocenters. The molecule has 1 heterocycles. The summed E-state index contributed by atoms with van der Waals surface area (Å²) in [7, 11) is 1.47. The lowest BCUT2D eigenvalue weighted by atomic mass is 10.1. The van der Waals surface area contributed by atoms with Crippen LogP contribution in [-0.4, -0.2) is 23.4 Å². The summed E-state index contributed by atoms with van der Waals surface area (Å²) in [5.41, 5.74) is 0.999. The van der Waals surface area contributed by atoms with Crippen LogP contribution in [0.4, 0.5) is 4.39 Å². The summed E-state index contributed by atoms with van der Waals surface area (Å²) in [4.78, 5) is 0. The fourth-order valence-corrected chi connectivity index (χ4v) is 1.89. The fourth-order valence-electron chi connectivity index (χ4n) is 1.89. The Hall–Kier alpha value is -1.88. The summed E-state index contributed by atoms with van der Waals surface area (Å²) in [5, 5.41) is 7.50. The van der Waals surface area contributed by atoms with Crippen molar-refractivity contribution in [2.75, 3.05) is 13.7 Å². The van der Waals surface area contributed by atoms with Crippen LogP contribution in [0.15, 0.2) is 36.7 Å². The molecule has 19 heavy (non-hydrogen) atoms. The van der Waals surface area contributed by atoms with Gasteiger partial charge in [0.25, 0.3) is 0 Å². The first-order valence-electron chi connectivity index (χ1n) is 6.25. The lowest BCUT2D eigenvalue weighted by Crippen LogP contribution is -2.23. The molecule has 5 heteroatoms. The van der Waals surface area contributed by atoms with Crippen LogP contribution in [0.1, 0.15) is 18.5 Å². The summed E-state index contributed by atoms with van der Waals surface area (Å²) in [6.45, 7) is 3.63. The average Bonchev–Trinajstić information content (AvgIpc) is 2.92. The Morgan fingerprint density at radius 2 is 2.32 bits per heavy atom. The molecule has 0 fully saturated rings. The Balaban J connectivity index is 1.90. The second-order valence-corrected chi connectivity index (χ2v) is 4.34. The van der Waals surface area contributed by atoms with Gasteiger partial charge in [-0.05, 0) is 30.7 Å². The van der Waals surface area contributed by atoms with E-state index in [1.807, 2.05) is 23.9 Å². The van der Waals surface area contributed by atoms with Crippen LogP contribution in [0.5, 0.6) is 5.75 Å². The van der Waals surface area contributed by atoms with Crippen LogP contribution in [-0.2, 0) is 6.54 Å². The number of benzene rings is 1. The quantitative estimate of drug-likeness (QED) is 0.869. The molecule has 2 rings (SSSR count). The van der Waals surface area contributed by atoms with Gasteiger partial charge >= 0.3 is 0 Å². The summed E-state index contributed by atoms with van der Waals surface area (Å²) in [6.07, 6.45) is 3.68. The molecule has 102 valence electrons. The van der Waals surface area contributed by atoms with Crippen LogP contribution >= 0.6 is 0 Å². The number of hydrogen-bond acceptors (Lipinski definition) is 3. The summed E-state index contributed by atoms with van der Waals surface area (Å²) in [5.74, 6) is -0.0618. The minimum absolute atomic E-state index is 0.130. The van der Waals surface area contributed by atoms with E-state index < -0.39 is 0 Å². The van der Waals surface area contributed by atoms with Crippen LogP contribution in [0.3, 0.4) is 0 Å². The maximum atomic E-state index is 13.3. The van der Waals surface area contributed by atoms with Crippen molar-refractivity contribution in [2.45, 2.75) is 19.5 Å². The maximum Gasteiger partial charge on any atom is 0.165 e. The molecule has 0 spiro atoms. The molecule has 2 aromatic rings. The molecule has 0 aliphatic carbocycles. The fraction of sp³-hybridized carbons (Fsp3) is 0.357. The van der Waals surface area contributed by atoms with E-state index in [0.29, 0.717) is 0 Å². The van der Waals surface area contributed by atoms with Crippen LogP contribution in [0.25, 0.3) is 0 Å². The molecule has 1 N–H and O–H groups in total. The van der Waals surface area contributed by atoms with E-state index >= 15 is 0 Å². The lowest BCUT2D eigenvalue weighted by Gasteiger charge is -2.15. The number of methoxy groups -OCH3 is 1. The standard InChI is InChI=1S/C14H18FN3O/c1-11(16-7-9-18-8-3-6-17-18)12-4-5-13(15)14(10-12)19-2/h3-6,8,10-11,16H,7,9H2,1-2H3. The van der Waals surface area contributed by atoms with Crippen molar-refractivity contribution in [2.24, 2.45) is 0 Å². The molecule has 0 saturated carbocycles. The third-order valence-electron chi connectivity index (χ3n) is 3.03. The Kier molecular flexibility index (Phi) is 4.52. The number of hydrogen-bond donors (Lipinski definition) is 1. The molecule has 4 nitrogen and oxygen atoms in total. The van der Waals surface area contributed by atoms with Gasteiger partial charge in [0.2, 0.25) is 0 Å². The van der Waals surface area contributed by atoms with E-state index in [1.165, 1.54) is 13.2 Å². The molecule has 0 radical (unpaired) electrons. The molecule has 0 aliphatic heterocycles. The number of aromatic nitrogens is 2. The van der Waals surface area contributed by atoms with E-state index in [4.69, 9.17) is 4.74 Å². The van der Waals surface area contributed by atoms with E-state index in [1.54, 1.807) is 18.3 Å². The van der Waals surface area contributed by atoms with Gasteiger partial charge in [-0.2, -0.15) is 5.10 Å². The minimum atomic E-state index is -0.338. The van der Waals surface area contributed by atoms with Gasteiger partial charge in [-0.1, -0.05) is 6.07 Å². The van der Waals surface area contributed by atoms with Crippen LogP contribution in [0.2, 0.25) is 0 Å². The Morgan fingerprint density at radius 1 is 1.47 bits per heavy atom. The molecule has 0 bridgehead atoms. The third kappa shape index (κ3) is 3.54. The number of halogens is 1. The average molecular weight is 263 g/mol. The zero-order valence-electron chi connectivity index (χ0n) is 11.1. The van der Waals surface area contributed by atoms with Crippen LogP contribution < -0.4 is 10.1 Å². The van der Waals surface area contributed by atoms with Gasteiger partial charge in [0.15, 0.2) is 11.6 Å². The predicted molar refractivity (Wildman–Crippen MR) is 71.6 cm³/mol. The molecular weight excluding hydrogens is 245 g/mol. The van der Waals surface area contributed by atoms with E-state index in [2.05, 4.69) is 10.4 Å². The molecule has 0 amide bonds. The first-order valence-corrected chi connectivity index (χ1v) is 6.25. The highest BCUT2D eigenvalue weighted by atomic mass is 19.1. The Morgan fingerprint density at radius 3 is 3.00 bits per heavy atom. The number of nitrogens with zero attached hydrogens (tertiary/aromatic N) is 2. The number of rotatable bonds is 6. The van der Waals surface area contributed by atoms with E-state index in [9.17, 15) is 4.39 Å². The van der Waals surface area contributed by atoms with Gasteiger partial charge in [-0.15, -0.1) is 0 Å². The first kappa shape index (κ1) is 13.5. The van der Waals surface area contributed by atoms with E-state index in [-0.39, 0.29) is 17.6 Å². The predicted octanol–water partition coefficient (Wildman–Crippen LogP) is 2.38. The van der Waals surface area contributed by atoms with Crippen molar-refractivity contribution in [1.29, 1.82) is 0 Å². The monoisotopic (exact) mass is 263 g/mol. The second-order valence-electron chi connectivity index (χ2n) is 4.34. The van der Waals surface area contributed by atoms with Crippen molar-refractivity contribution in [3.63, 3.8) is 0 Å². The van der Waals surface area contributed by atoms with Crippen molar-refractivity contribution < 1.29 is 9.13 Å². The third-order valence-corrected chi connectivity index (χ3v) is 3.03. The lowest BCUT2D eigenvalue weighted by molar-refractivity contribution is 0.385. The first-order chi connectivity index (χ1) is 9.20. The number of ether oxygens (including phenoxy) is 1. The Labute approximate surface area is 112 Å². The molecule has 0 saturated heterocycles. The van der Waals surface area contributed by atoms with Gasteiger partial charge < -0.3 is 10.1 Å². The highest BCUT2D eigenvalue weighted by Crippen LogP contribution is 2.22. The topological polar surface area (TPSA) is 39.1 Å². The molecule has 1 aromatic heterocycles. The largest absolute Gasteiger partial charge is 0.494 e. The molecular formula is C14H18FN3O. The van der Waals surface area contributed by atoms with Gasteiger partial charge in [-0.3, -0.25) is 4.68 Å². The summed E-state index contributed by atoms with van der Waals surface area (Å²) >= 11 is 0. The molecule has 1 atom stereocenters. The highest BCUT2D eigenvalue weighted by molar-refractivity contribution is 5.31. The smallest absolute Gasteiger partial charge is 0.165 e. The van der Waals surface area contributed by atoms with Crippen molar-refractivity contribution in [1.82, 2.24) is 15.1 Å². The second kappa shape index (κ2) is 6.33. The van der Waals surface area contributed by atoms with Crippen molar-refractivity contribution in [3.05, 3.63) is 48.0 Å². The minimum Gasteiger partial charge on any atom is -0.494 e. The Bertz CT molecular complexity index is 513. The summed E-state index contributed by atoms with van der Waals surface area (Å²) in [6, 6.07) is 6.95. The maximum absolute atomic E-state index is 13.3. The normalized spacial score (nSPS) is 12.4. The van der Waals surface area contributed by atoms with Crippen molar-refractivity contribution >= 4 is 0 Å². The highest BCUT2D eigenvalue weighted by Gasteiger charge is 2.09. The van der Waals surface area contributed by atoms with Gasteiger partial charge in [0.1, 0.15) is 0 Å². The van der Waals surface area contributed by atoms with Gasteiger partial charge in [-0.25, -0.2) is 4.39 Å². The van der Waals surface area contributed by atoms with Gasteiger partial charge in [0, 0.05) is 25.0 Å². The van der Waals surface area contributed by atoms with E-state index in [0.717, 1.165) is 18.7 Å². The zero-order valence-corrected chi connectivity index (χ0v) is 11.1. The van der Waals surface area contributed by atoms with Crippen molar-refractivity contribution in [3.8, 4) is 5.75 Å². The molecule has 0 aliphatic rings. The van der Waals surface area contributed by atoms with Crippen LogP contribution in [0, 0.1) is 5.82 Å². The SMILES string of the molecule is COc1cc(C(C)NCCn2cccn2)ccc1F. The molecule has 1 aromatic carbocycles. The summed E-state index contributed by atoms with van der Waals surface area (Å²) < 4.78 is 20.2. The van der Waals surface area contributed by atoms with Gasteiger partial charge in [0.05, 0.1) is 13.7 Å².